The van der Waals surface area contributed by atoms with E-state index in [9.17, 15) is 0 Å². The summed E-state index contributed by atoms with van der Waals surface area (Å²) in [7, 11) is 0. The molecule has 2 nitrogen and oxygen atoms in total. The van der Waals surface area contributed by atoms with Crippen molar-refractivity contribution in [3.8, 4) is 11.4 Å². The molecule has 2 aromatic carbocycles. The third-order valence-corrected chi connectivity index (χ3v) is 7.08. The van der Waals surface area contributed by atoms with Crippen molar-refractivity contribution >= 4 is 0 Å². The second-order valence-corrected chi connectivity index (χ2v) is 8.55. The highest BCUT2D eigenvalue weighted by Gasteiger charge is 2.52. The summed E-state index contributed by atoms with van der Waals surface area (Å²) in [5.41, 5.74) is 7.45. The Kier molecular flexibility index (Phi) is 3.54. The van der Waals surface area contributed by atoms with Gasteiger partial charge in [-0.25, -0.2) is 0 Å². The van der Waals surface area contributed by atoms with E-state index in [1.54, 1.807) is 0 Å². The van der Waals surface area contributed by atoms with Crippen LogP contribution in [0.15, 0.2) is 54.8 Å². The molecule has 27 heavy (non-hydrogen) atoms. The molecular formula is C25H29N2+. The van der Waals surface area contributed by atoms with Crippen LogP contribution in [0.2, 0.25) is 0 Å². The molecule has 2 heterocycles. The van der Waals surface area contributed by atoms with Crippen molar-refractivity contribution in [2.24, 2.45) is 5.92 Å². The number of hydrogen-bond acceptors (Lipinski definition) is 0. The standard InChI is InChI=1S/C25H29N2/c1-18-11-7-9-15-22(18)26-17-27-23-16-10-8-14-21(23)25(3,24(27)19(26)2)20-12-5-4-6-13-20/h7-11,14-17,20H,4-6,12-13H2,1-3H3/q+1/i17D. The monoisotopic (exact) mass is 358 g/mol. The summed E-state index contributed by atoms with van der Waals surface area (Å²) in [6.45, 7) is 6.79. The van der Waals surface area contributed by atoms with Gasteiger partial charge >= 0.3 is 0 Å². The maximum atomic E-state index is 9.13. The normalized spacial score (nSPS) is 22.4. The highest BCUT2D eigenvalue weighted by Crippen LogP contribution is 2.52. The minimum absolute atomic E-state index is 0.0230. The Morgan fingerprint density at radius 1 is 1.00 bits per heavy atom. The van der Waals surface area contributed by atoms with Crippen LogP contribution in [0.3, 0.4) is 0 Å². The van der Waals surface area contributed by atoms with Crippen molar-refractivity contribution in [2.45, 2.75) is 58.3 Å². The van der Waals surface area contributed by atoms with Gasteiger partial charge < -0.3 is 0 Å². The summed E-state index contributed by atoms with van der Waals surface area (Å²) in [4.78, 5) is 0. The molecular weight excluding hydrogens is 328 g/mol. The lowest BCUT2D eigenvalue weighted by atomic mass is 9.65. The maximum Gasteiger partial charge on any atom is 0.254 e. The summed E-state index contributed by atoms with van der Waals surface area (Å²) in [5.74, 6) is 0.641. The van der Waals surface area contributed by atoms with Crippen molar-refractivity contribution < 1.29 is 5.94 Å². The smallest absolute Gasteiger partial charge is 0.199 e. The van der Waals surface area contributed by atoms with Crippen LogP contribution >= 0.6 is 0 Å². The Hall–Kier alpha value is -2.35. The molecule has 2 heteroatoms. The first kappa shape index (κ1) is 15.7. The SMILES string of the molecule is [2H]c1n2c(c(C)[n+]1-c1ccccc1C)C(C)(C1CCCCC1)c1ccccc1-2. The number of nitrogens with zero attached hydrogens (tertiary/aromatic N) is 2. The van der Waals surface area contributed by atoms with Crippen molar-refractivity contribution in [1.29, 1.82) is 0 Å². The van der Waals surface area contributed by atoms with Crippen molar-refractivity contribution in [3.05, 3.63) is 77.3 Å². The van der Waals surface area contributed by atoms with Crippen molar-refractivity contribution in [2.75, 3.05) is 0 Å². The molecule has 1 saturated carbocycles. The third kappa shape index (κ3) is 2.29. The van der Waals surface area contributed by atoms with E-state index >= 15 is 0 Å². The van der Waals surface area contributed by atoms with E-state index < -0.39 is 0 Å². The average molecular weight is 359 g/mol. The van der Waals surface area contributed by atoms with E-state index in [-0.39, 0.29) is 5.41 Å². The second kappa shape index (κ2) is 6.09. The number of benzene rings is 2. The zero-order valence-corrected chi connectivity index (χ0v) is 16.6. The fourth-order valence-corrected chi connectivity index (χ4v) is 5.65. The predicted octanol–water partition coefficient (Wildman–Crippen LogP) is 5.57. The lowest BCUT2D eigenvalue weighted by molar-refractivity contribution is -0.602. The van der Waals surface area contributed by atoms with E-state index in [1.165, 1.54) is 60.3 Å². The first-order chi connectivity index (χ1) is 13.5. The van der Waals surface area contributed by atoms with Crippen LogP contribution in [0, 0.1) is 19.8 Å². The Balaban J connectivity index is 1.81. The van der Waals surface area contributed by atoms with Gasteiger partial charge in [0.15, 0.2) is 7.06 Å². The third-order valence-electron chi connectivity index (χ3n) is 7.08. The molecule has 0 spiro atoms. The lowest BCUT2D eigenvalue weighted by Gasteiger charge is -2.36. The first-order valence-corrected chi connectivity index (χ1v) is 10.4. The summed E-state index contributed by atoms with van der Waals surface area (Å²) < 4.78 is 13.5. The van der Waals surface area contributed by atoms with E-state index in [2.05, 4.69) is 78.4 Å². The molecule has 1 fully saturated rings. The van der Waals surface area contributed by atoms with E-state index in [0.29, 0.717) is 12.2 Å². The van der Waals surface area contributed by atoms with Crippen LogP contribution in [0.4, 0.5) is 0 Å². The van der Waals surface area contributed by atoms with Crippen LogP contribution in [0.1, 0.15) is 62.9 Å². The highest BCUT2D eigenvalue weighted by molar-refractivity contribution is 5.58. The zero-order chi connectivity index (χ0) is 19.5. The van der Waals surface area contributed by atoms with Gasteiger partial charge in [0.1, 0.15) is 17.1 Å². The Bertz CT molecular complexity index is 1060. The topological polar surface area (TPSA) is 8.81 Å². The molecule has 1 aliphatic carbocycles. The molecule has 0 saturated heterocycles. The number of fused-ring (bicyclic) bond motifs is 3. The minimum Gasteiger partial charge on any atom is -0.199 e. The first-order valence-electron chi connectivity index (χ1n) is 10.9. The van der Waals surface area contributed by atoms with Gasteiger partial charge in [-0.3, -0.25) is 0 Å². The molecule has 1 atom stereocenters. The predicted molar refractivity (Wildman–Crippen MR) is 110 cm³/mol. The van der Waals surface area contributed by atoms with Crippen LogP contribution in [0.5, 0.6) is 0 Å². The van der Waals surface area contributed by atoms with Gasteiger partial charge in [0.2, 0.25) is 0 Å². The number of para-hydroxylation sites is 2. The molecule has 1 unspecified atom stereocenters. The summed E-state index contributed by atoms with van der Waals surface area (Å²) in [5, 5.41) is 0. The molecule has 138 valence electrons. The minimum atomic E-state index is -0.0230. The molecule has 1 aliphatic heterocycles. The zero-order valence-electron chi connectivity index (χ0n) is 17.6. The summed E-state index contributed by atoms with van der Waals surface area (Å²) >= 11 is 0. The van der Waals surface area contributed by atoms with E-state index in [4.69, 9.17) is 1.37 Å². The van der Waals surface area contributed by atoms with Crippen molar-refractivity contribution in [1.82, 2.24) is 4.57 Å². The maximum absolute atomic E-state index is 9.13. The molecule has 0 N–H and O–H groups in total. The number of aromatic nitrogens is 2. The molecule has 0 radical (unpaired) electrons. The summed E-state index contributed by atoms with van der Waals surface area (Å²) in [6.07, 6.45) is 7.15. The van der Waals surface area contributed by atoms with Gasteiger partial charge in [-0.15, -0.1) is 0 Å². The molecule has 0 bridgehead atoms. The van der Waals surface area contributed by atoms with Crippen LogP contribution in [-0.2, 0) is 5.41 Å². The van der Waals surface area contributed by atoms with Gasteiger partial charge in [0.25, 0.3) is 6.30 Å². The molecule has 2 aliphatic rings. The van der Waals surface area contributed by atoms with Gasteiger partial charge in [0.05, 0.1) is 5.41 Å². The molecule has 1 aromatic heterocycles. The van der Waals surface area contributed by atoms with E-state index in [0.717, 1.165) is 5.69 Å². The summed E-state index contributed by atoms with van der Waals surface area (Å²) in [6, 6.07) is 17.2. The number of rotatable bonds is 2. The Morgan fingerprint density at radius 2 is 1.70 bits per heavy atom. The highest BCUT2D eigenvalue weighted by atomic mass is 15.2. The molecule has 5 rings (SSSR count). The molecule has 0 amide bonds. The van der Waals surface area contributed by atoms with Crippen LogP contribution < -0.4 is 4.57 Å². The van der Waals surface area contributed by atoms with E-state index in [1.807, 2.05) is 0 Å². The van der Waals surface area contributed by atoms with Gasteiger partial charge in [-0.05, 0) is 50.3 Å². The fraction of sp³-hybridized carbons (Fsp3) is 0.400. The average Bonchev–Trinajstić information content (AvgIpc) is 3.15. The Labute approximate surface area is 163 Å². The second-order valence-electron chi connectivity index (χ2n) is 8.55. The van der Waals surface area contributed by atoms with Crippen LogP contribution in [0.25, 0.3) is 11.4 Å². The number of hydrogen-bond donors (Lipinski definition) is 0. The quantitative estimate of drug-likeness (QED) is 0.530. The van der Waals surface area contributed by atoms with Gasteiger partial charge in [0, 0.05) is 12.5 Å². The molecule has 3 aromatic rings. The van der Waals surface area contributed by atoms with Crippen LogP contribution in [-0.4, -0.2) is 4.57 Å². The number of imidazole rings is 1. The van der Waals surface area contributed by atoms with Crippen molar-refractivity contribution in [3.63, 3.8) is 0 Å². The lowest BCUT2D eigenvalue weighted by Crippen LogP contribution is -2.38. The fourth-order valence-electron chi connectivity index (χ4n) is 5.65. The van der Waals surface area contributed by atoms with Gasteiger partial charge in [-0.1, -0.05) is 55.7 Å². The number of aryl methyl sites for hydroxylation is 1. The largest absolute Gasteiger partial charge is 0.254 e. The van der Waals surface area contributed by atoms with Gasteiger partial charge in [-0.2, -0.15) is 9.13 Å². The Morgan fingerprint density at radius 3 is 2.48 bits per heavy atom.